The van der Waals surface area contributed by atoms with E-state index in [4.69, 9.17) is 21.1 Å². The van der Waals surface area contributed by atoms with Crippen molar-refractivity contribution in [2.45, 2.75) is 19.3 Å². The van der Waals surface area contributed by atoms with Crippen molar-refractivity contribution in [1.82, 2.24) is 0 Å². The molecular formula is C20H21ClN2O3. The van der Waals surface area contributed by atoms with Gasteiger partial charge in [-0.15, -0.1) is 0 Å². The van der Waals surface area contributed by atoms with Crippen molar-refractivity contribution in [2.24, 2.45) is 0 Å². The molecule has 6 heteroatoms. The van der Waals surface area contributed by atoms with E-state index in [0.717, 1.165) is 37.3 Å². The Morgan fingerprint density at radius 2 is 1.73 bits per heavy atom. The molecule has 2 aliphatic rings. The number of fused-ring (bicyclic) bond motifs is 1. The second kappa shape index (κ2) is 7.46. The molecule has 2 aliphatic heterocycles. The first-order valence-electron chi connectivity index (χ1n) is 8.96. The van der Waals surface area contributed by atoms with E-state index in [1.807, 2.05) is 12.1 Å². The van der Waals surface area contributed by atoms with Gasteiger partial charge in [0.1, 0.15) is 13.2 Å². The number of amides is 1. The maximum Gasteiger partial charge on any atom is 0.255 e. The number of carbonyl (C=O) groups is 1. The highest BCUT2D eigenvalue weighted by atomic mass is 35.5. The minimum absolute atomic E-state index is 0.192. The van der Waals surface area contributed by atoms with Crippen molar-refractivity contribution < 1.29 is 14.3 Å². The molecule has 2 aromatic rings. The number of hydrogen-bond acceptors (Lipinski definition) is 4. The van der Waals surface area contributed by atoms with E-state index in [1.165, 1.54) is 6.42 Å². The van der Waals surface area contributed by atoms with E-state index in [9.17, 15) is 4.79 Å². The van der Waals surface area contributed by atoms with Crippen LogP contribution >= 0.6 is 11.6 Å². The quantitative estimate of drug-likeness (QED) is 0.870. The Morgan fingerprint density at radius 1 is 0.962 bits per heavy atom. The number of hydrogen-bond donors (Lipinski definition) is 1. The number of anilines is 2. The topological polar surface area (TPSA) is 50.8 Å². The van der Waals surface area contributed by atoms with Crippen LogP contribution in [0.25, 0.3) is 0 Å². The summed E-state index contributed by atoms with van der Waals surface area (Å²) in [6.07, 6.45) is 3.58. The molecule has 2 aromatic carbocycles. The lowest BCUT2D eigenvalue weighted by Crippen LogP contribution is -2.30. The van der Waals surface area contributed by atoms with E-state index in [0.29, 0.717) is 35.3 Å². The fraction of sp³-hybridized carbons (Fsp3) is 0.350. The lowest BCUT2D eigenvalue weighted by Gasteiger charge is -2.30. The lowest BCUT2D eigenvalue weighted by atomic mass is 10.1. The van der Waals surface area contributed by atoms with Gasteiger partial charge >= 0.3 is 0 Å². The highest BCUT2D eigenvalue weighted by Crippen LogP contribution is 2.33. The molecule has 0 spiro atoms. The third-order valence-electron chi connectivity index (χ3n) is 4.71. The zero-order chi connectivity index (χ0) is 17.9. The van der Waals surface area contributed by atoms with E-state index in [-0.39, 0.29) is 5.91 Å². The zero-order valence-corrected chi connectivity index (χ0v) is 15.2. The highest BCUT2D eigenvalue weighted by Gasteiger charge is 2.19. The van der Waals surface area contributed by atoms with Crippen LogP contribution in [0.3, 0.4) is 0 Å². The molecule has 4 rings (SSSR count). The van der Waals surface area contributed by atoms with Crippen LogP contribution in [0.15, 0.2) is 36.4 Å². The molecule has 1 amide bonds. The minimum Gasteiger partial charge on any atom is -0.486 e. The summed E-state index contributed by atoms with van der Waals surface area (Å²) in [6, 6.07) is 10.9. The van der Waals surface area contributed by atoms with Gasteiger partial charge in [-0.2, -0.15) is 0 Å². The molecule has 0 saturated carbocycles. The third kappa shape index (κ3) is 3.58. The maximum absolute atomic E-state index is 12.8. The molecule has 0 aromatic heterocycles. The molecule has 136 valence electrons. The van der Waals surface area contributed by atoms with Crippen molar-refractivity contribution in [3.63, 3.8) is 0 Å². The van der Waals surface area contributed by atoms with Gasteiger partial charge in [0, 0.05) is 23.7 Å². The van der Waals surface area contributed by atoms with Crippen molar-refractivity contribution in [3.8, 4) is 11.5 Å². The molecular weight excluding hydrogens is 352 g/mol. The number of nitrogens with one attached hydrogen (secondary N) is 1. The van der Waals surface area contributed by atoms with Gasteiger partial charge in [0.05, 0.1) is 11.4 Å². The van der Waals surface area contributed by atoms with Crippen LogP contribution in [-0.4, -0.2) is 32.2 Å². The van der Waals surface area contributed by atoms with Gasteiger partial charge in [0.15, 0.2) is 11.5 Å². The Kier molecular flexibility index (Phi) is 4.89. The minimum atomic E-state index is -0.192. The highest BCUT2D eigenvalue weighted by molar-refractivity contribution is 6.31. The van der Waals surface area contributed by atoms with Gasteiger partial charge in [-0.1, -0.05) is 11.6 Å². The van der Waals surface area contributed by atoms with Gasteiger partial charge in [0.25, 0.3) is 5.91 Å². The normalized spacial score (nSPS) is 16.3. The molecule has 2 heterocycles. The predicted octanol–water partition coefficient (Wildman–Crippen LogP) is 4.35. The zero-order valence-electron chi connectivity index (χ0n) is 14.5. The number of carbonyl (C=O) groups excluding carboxylic acids is 1. The standard InChI is InChI=1S/C20H21ClN2O3/c21-15-5-6-17(23-8-2-1-3-9-23)16(13-15)22-20(24)14-4-7-18-19(12-14)26-11-10-25-18/h4-7,12-13H,1-3,8-11H2,(H,22,24). The predicted molar refractivity (Wildman–Crippen MR) is 103 cm³/mol. The fourth-order valence-electron chi connectivity index (χ4n) is 3.40. The number of ether oxygens (including phenoxy) is 2. The van der Waals surface area contributed by atoms with Crippen molar-refractivity contribution in [2.75, 3.05) is 36.5 Å². The molecule has 0 aliphatic carbocycles. The summed E-state index contributed by atoms with van der Waals surface area (Å²) >= 11 is 6.17. The summed E-state index contributed by atoms with van der Waals surface area (Å²) in [4.78, 5) is 15.1. The van der Waals surface area contributed by atoms with Crippen LogP contribution in [0.5, 0.6) is 11.5 Å². The monoisotopic (exact) mass is 372 g/mol. The summed E-state index contributed by atoms with van der Waals surface area (Å²) in [7, 11) is 0. The smallest absolute Gasteiger partial charge is 0.255 e. The van der Waals surface area contributed by atoms with Crippen molar-refractivity contribution >= 4 is 28.9 Å². The van der Waals surface area contributed by atoms with E-state index in [1.54, 1.807) is 24.3 Å². The Labute approximate surface area is 157 Å². The summed E-state index contributed by atoms with van der Waals surface area (Å²) in [5.41, 5.74) is 2.28. The molecule has 1 N–H and O–H groups in total. The molecule has 0 radical (unpaired) electrons. The fourth-order valence-corrected chi connectivity index (χ4v) is 3.57. The first-order valence-corrected chi connectivity index (χ1v) is 9.34. The Morgan fingerprint density at radius 3 is 2.54 bits per heavy atom. The number of halogens is 1. The largest absolute Gasteiger partial charge is 0.486 e. The average molecular weight is 373 g/mol. The van der Waals surface area contributed by atoms with Crippen molar-refractivity contribution in [1.29, 1.82) is 0 Å². The Bertz CT molecular complexity index is 819. The summed E-state index contributed by atoms with van der Waals surface area (Å²) in [6.45, 7) is 3.01. The van der Waals surface area contributed by atoms with Gasteiger partial charge in [-0.3, -0.25) is 4.79 Å². The number of nitrogens with zero attached hydrogens (tertiary/aromatic N) is 1. The SMILES string of the molecule is O=C(Nc1cc(Cl)ccc1N1CCCCC1)c1ccc2c(c1)OCCO2. The lowest BCUT2D eigenvalue weighted by molar-refractivity contribution is 0.102. The van der Waals surface area contributed by atoms with E-state index in [2.05, 4.69) is 10.2 Å². The summed E-state index contributed by atoms with van der Waals surface area (Å²) < 4.78 is 11.1. The second-order valence-electron chi connectivity index (χ2n) is 6.52. The van der Waals surface area contributed by atoms with Crippen LogP contribution in [0.4, 0.5) is 11.4 Å². The number of piperidine rings is 1. The van der Waals surface area contributed by atoms with E-state index >= 15 is 0 Å². The second-order valence-corrected chi connectivity index (χ2v) is 6.96. The van der Waals surface area contributed by atoms with Gasteiger partial charge in [-0.05, 0) is 55.7 Å². The van der Waals surface area contributed by atoms with Gasteiger partial charge in [0.2, 0.25) is 0 Å². The first-order chi connectivity index (χ1) is 12.7. The van der Waals surface area contributed by atoms with Crippen LogP contribution in [0.1, 0.15) is 29.6 Å². The Balaban J connectivity index is 1.58. The maximum atomic E-state index is 12.8. The van der Waals surface area contributed by atoms with Crippen LogP contribution in [-0.2, 0) is 0 Å². The van der Waals surface area contributed by atoms with Gasteiger partial charge < -0.3 is 19.7 Å². The first kappa shape index (κ1) is 17.0. The Hall–Kier alpha value is -2.40. The molecule has 26 heavy (non-hydrogen) atoms. The molecule has 1 fully saturated rings. The number of rotatable bonds is 3. The molecule has 0 atom stereocenters. The molecule has 0 unspecified atom stereocenters. The van der Waals surface area contributed by atoms with Gasteiger partial charge in [-0.25, -0.2) is 0 Å². The summed E-state index contributed by atoms with van der Waals surface area (Å²) in [5.74, 6) is 1.08. The average Bonchev–Trinajstić information content (AvgIpc) is 2.68. The van der Waals surface area contributed by atoms with E-state index < -0.39 is 0 Å². The molecule has 0 bridgehead atoms. The number of benzene rings is 2. The van der Waals surface area contributed by atoms with Crippen LogP contribution in [0.2, 0.25) is 5.02 Å². The van der Waals surface area contributed by atoms with Crippen LogP contribution in [0, 0.1) is 0 Å². The third-order valence-corrected chi connectivity index (χ3v) is 4.94. The van der Waals surface area contributed by atoms with Crippen LogP contribution < -0.4 is 19.7 Å². The molecule has 1 saturated heterocycles. The molecule has 5 nitrogen and oxygen atoms in total. The summed E-state index contributed by atoms with van der Waals surface area (Å²) in [5, 5.41) is 3.61. The van der Waals surface area contributed by atoms with Crippen molar-refractivity contribution in [3.05, 3.63) is 47.0 Å².